The van der Waals surface area contributed by atoms with Crippen LogP contribution in [0.3, 0.4) is 0 Å². The van der Waals surface area contributed by atoms with E-state index in [1.165, 1.54) is 0 Å². The molecule has 2 saturated heterocycles. The molecule has 2 fully saturated rings. The monoisotopic (exact) mass is 360 g/mol. The van der Waals surface area contributed by atoms with Crippen molar-refractivity contribution in [1.82, 2.24) is 15.1 Å². The number of piperidine rings is 1. The van der Waals surface area contributed by atoms with Crippen LogP contribution in [0.5, 0.6) is 0 Å². The van der Waals surface area contributed by atoms with Gasteiger partial charge in [0.25, 0.3) is 0 Å². The van der Waals surface area contributed by atoms with Gasteiger partial charge >= 0.3 is 6.03 Å². The Morgan fingerprint density at radius 3 is 2.58 bits per heavy atom. The highest BCUT2D eigenvalue weighted by molar-refractivity contribution is 5.85. The molecule has 2 rings (SSSR count). The summed E-state index contributed by atoms with van der Waals surface area (Å²) in [7, 11) is 0. The Morgan fingerprint density at radius 1 is 1.29 bits per heavy atom. The molecule has 2 atom stereocenters. The van der Waals surface area contributed by atoms with Crippen molar-refractivity contribution in [1.29, 1.82) is 0 Å². The zero-order chi connectivity index (χ0) is 17.0. The van der Waals surface area contributed by atoms with Crippen LogP contribution in [0.1, 0.15) is 40.0 Å². The number of urea groups is 1. The Morgan fingerprint density at radius 2 is 2.00 bits per heavy atom. The zero-order valence-corrected chi connectivity index (χ0v) is 16.0. The molecule has 0 aromatic rings. The minimum atomic E-state index is -0.0614. The molecule has 6 nitrogen and oxygen atoms in total. The summed E-state index contributed by atoms with van der Waals surface area (Å²) in [5.41, 5.74) is 5.88. The second-order valence-corrected chi connectivity index (χ2v) is 7.89. The molecule has 2 aliphatic heterocycles. The van der Waals surface area contributed by atoms with Gasteiger partial charge < -0.3 is 20.9 Å². The number of carbonyl (C=O) groups is 2. The fourth-order valence-corrected chi connectivity index (χ4v) is 3.40. The van der Waals surface area contributed by atoms with E-state index in [4.69, 9.17) is 5.73 Å². The topological polar surface area (TPSA) is 78.7 Å². The van der Waals surface area contributed by atoms with Gasteiger partial charge in [-0.25, -0.2) is 4.79 Å². The van der Waals surface area contributed by atoms with E-state index in [0.717, 1.165) is 38.9 Å². The van der Waals surface area contributed by atoms with E-state index in [1.807, 2.05) is 4.90 Å². The molecule has 0 spiro atoms. The van der Waals surface area contributed by atoms with Gasteiger partial charge in [0, 0.05) is 32.7 Å². The largest absolute Gasteiger partial charge is 0.342 e. The van der Waals surface area contributed by atoms with Crippen LogP contribution in [-0.2, 0) is 4.79 Å². The summed E-state index contributed by atoms with van der Waals surface area (Å²) in [6.07, 6.45) is 2.75. The van der Waals surface area contributed by atoms with E-state index in [-0.39, 0.29) is 35.7 Å². The predicted molar refractivity (Wildman–Crippen MR) is 98.1 cm³/mol. The molecule has 2 heterocycles. The first kappa shape index (κ1) is 21.0. The van der Waals surface area contributed by atoms with Crippen molar-refractivity contribution < 1.29 is 9.59 Å². The molecule has 7 heteroatoms. The minimum absolute atomic E-state index is 0. The summed E-state index contributed by atoms with van der Waals surface area (Å²) in [4.78, 5) is 28.7. The van der Waals surface area contributed by atoms with E-state index >= 15 is 0 Å². The number of hydrogen-bond acceptors (Lipinski definition) is 3. The zero-order valence-electron chi connectivity index (χ0n) is 15.2. The van der Waals surface area contributed by atoms with E-state index < -0.39 is 0 Å². The van der Waals surface area contributed by atoms with E-state index in [1.54, 1.807) is 4.90 Å². The maximum atomic E-state index is 12.8. The summed E-state index contributed by atoms with van der Waals surface area (Å²) in [5, 5.41) is 2.95. The van der Waals surface area contributed by atoms with Gasteiger partial charge in [-0.2, -0.15) is 0 Å². The van der Waals surface area contributed by atoms with Crippen LogP contribution in [0.25, 0.3) is 0 Å². The molecule has 3 amide bonds. The van der Waals surface area contributed by atoms with Crippen LogP contribution in [0.15, 0.2) is 0 Å². The van der Waals surface area contributed by atoms with Crippen LogP contribution >= 0.6 is 12.4 Å². The summed E-state index contributed by atoms with van der Waals surface area (Å²) in [6.45, 7) is 10.4. The molecule has 0 aliphatic carbocycles. The van der Waals surface area contributed by atoms with Crippen LogP contribution in [0.2, 0.25) is 0 Å². The fraction of sp³-hybridized carbons (Fsp3) is 0.882. The average molecular weight is 361 g/mol. The normalized spacial score (nSPS) is 27.1. The molecule has 24 heavy (non-hydrogen) atoms. The van der Waals surface area contributed by atoms with Crippen LogP contribution in [-0.4, -0.2) is 61.0 Å². The summed E-state index contributed by atoms with van der Waals surface area (Å²) in [5.74, 6) is 0.567. The summed E-state index contributed by atoms with van der Waals surface area (Å²) < 4.78 is 0. The molecule has 0 radical (unpaired) electrons. The molecule has 2 aliphatic rings. The van der Waals surface area contributed by atoms with Gasteiger partial charge in [-0.05, 0) is 37.1 Å². The molecule has 140 valence electrons. The van der Waals surface area contributed by atoms with E-state index in [9.17, 15) is 9.59 Å². The summed E-state index contributed by atoms with van der Waals surface area (Å²) in [6, 6.07) is -0.0376. The standard InChI is InChI=1S/C17H32N4O2.ClH/c1-13(2)9-19-16(23)20-7-4-5-14(10-20)15(22)21-8-6-17(3,11-18)12-21;/h13-14H,4-12,18H2,1-3H3,(H,19,23);1H. The third-order valence-corrected chi connectivity index (χ3v) is 5.08. The van der Waals surface area contributed by atoms with Crippen LogP contribution in [0, 0.1) is 17.3 Å². The quantitative estimate of drug-likeness (QED) is 0.800. The van der Waals surface area contributed by atoms with Crippen molar-refractivity contribution in [3.63, 3.8) is 0 Å². The number of likely N-dealkylation sites (tertiary alicyclic amines) is 2. The highest BCUT2D eigenvalue weighted by Crippen LogP contribution is 2.30. The van der Waals surface area contributed by atoms with Crippen molar-refractivity contribution >= 4 is 24.3 Å². The molecule has 0 aromatic heterocycles. The lowest BCUT2D eigenvalue weighted by atomic mass is 9.90. The van der Waals surface area contributed by atoms with Gasteiger partial charge in [0.15, 0.2) is 0 Å². The first-order chi connectivity index (χ1) is 10.8. The van der Waals surface area contributed by atoms with Gasteiger partial charge in [-0.15, -0.1) is 12.4 Å². The summed E-state index contributed by atoms with van der Waals surface area (Å²) >= 11 is 0. The van der Waals surface area contributed by atoms with E-state index in [2.05, 4.69) is 26.1 Å². The lowest BCUT2D eigenvalue weighted by Gasteiger charge is -2.34. The molecular weight excluding hydrogens is 328 g/mol. The van der Waals surface area contributed by atoms with Crippen molar-refractivity contribution in [2.45, 2.75) is 40.0 Å². The highest BCUT2D eigenvalue weighted by atomic mass is 35.5. The molecular formula is C17H33ClN4O2. The number of nitrogens with two attached hydrogens (primary N) is 1. The third-order valence-electron chi connectivity index (χ3n) is 5.08. The highest BCUT2D eigenvalue weighted by Gasteiger charge is 2.38. The number of nitrogens with one attached hydrogen (secondary N) is 1. The van der Waals surface area contributed by atoms with Gasteiger partial charge in [0.1, 0.15) is 0 Å². The number of carbonyl (C=O) groups excluding carboxylic acids is 2. The Balaban J connectivity index is 0.00000288. The van der Waals surface area contributed by atoms with E-state index in [0.29, 0.717) is 25.6 Å². The maximum Gasteiger partial charge on any atom is 0.317 e. The molecule has 3 N–H and O–H groups in total. The SMILES string of the molecule is CC(C)CNC(=O)N1CCCC(C(=O)N2CCC(C)(CN)C2)C1.Cl. The van der Waals surface area contributed by atoms with Crippen LogP contribution in [0.4, 0.5) is 4.79 Å². The Kier molecular flexibility index (Phi) is 7.80. The Hall–Kier alpha value is -1.01. The Labute approximate surface area is 151 Å². The van der Waals surface area contributed by atoms with Gasteiger partial charge in [-0.3, -0.25) is 4.79 Å². The number of halogens is 1. The minimum Gasteiger partial charge on any atom is -0.342 e. The maximum absolute atomic E-state index is 12.8. The predicted octanol–water partition coefficient (Wildman–Crippen LogP) is 1.68. The second kappa shape index (κ2) is 8.90. The van der Waals surface area contributed by atoms with Crippen molar-refractivity contribution in [2.75, 3.05) is 39.3 Å². The van der Waals surface area contributed by atoms with Crippen molar-refractivity contribution in [2.24, 2.45) is 23.0 Å². The van der Waals surface area contributed by atoms with Crippen molar-refractivity contribution in [3.05, 3.63) is 0 Å². The first-order valence-electron chi connectivity index (χ1n) is 8.86. The lowest BCUT2D eigenvalue weighted by molar-refractivity contribution is -0.136. The lowest BCUT2D eigenvalue weighted by Crippen LogP contribution is -2.50. The molecule has 2 unspecified atom stereocenters. The number of nitrogens with zero attached hydrogens (tertiary/aromatic N) is 2. The molecule has 0 aromatic carbocycles. The molecule has 0 saturated carbocycles. The third kappa shape index (κ3) is 5.24. The van der Waals surface area contributed by atoms with Gasteiger partial charge in [-0.1, -0.05) is 20.8 Å². The number of amides is 3. The fourth-order valence-electron chi connectivity index (χ4n) is 3.40. The number of hydrogen-bond donors (Lipinski definition) is 2. The van der Waals surface area contributed by atoms with Gasteiger partial charge in [0.05, 0.1) is 5.92 Å². The first-order valence-corrected chi connectivity index (χ1v) is 8.86. The second-order valence-electron chi connectivity index (χ2n) is 7.89. The molecule has 0 bridgehead atoms. The van der Waals surface area contributed by atoms with Crippen molar-refractivity contribution in [3.8, 4) is 0 Å². The Bertz CT molecular complexity index is 446. The smallest absolute Gasteiger partial charge is 0.317 e. The number of rotatable bonds is 4. The van der Waals surface area contributed by atoms with Gasteiger partial charge in [0.2, 0.25) is 5.91 Å². The average Bonchev–Trinajstić information content (AvgIpc) is 2.95. The van der Waals surface area contributed by atoms with Crippen LogP contribution < -0.4 is 11.1 Å².